The highest BCUT2D eigenvalue weighted by molar-refractivity contribution is 7.86. The maximum Gasteiger partial charge on any atom is 0.136 e. The lowest BCUT2D eigenvalue weighted by Gasteiger charge is -2.37. The maximum absolute atomic E-state index is 12.1. The van der Waals surface area contributed by atoms with E-state index in [9.17, 15) is 9.00 Å². The van der Waals surface area contributed by atoms with E-state index in [0.717, 1.165) is 44.9 Å². The molecule has 2 rings (SSSR count). The fourth-order valence-corrected chi connectivity index (χ4v) is 5.44. The van der Waals surface area contributed by atoms with E-state index in [1.807, 2.05) is 0 Å². The molecule has 0 amide bonds. The third-order valence-corrected chi connectivity index (χ3v) is 6.46. The van der Waals surface area contributed by atoms with Crippen molar-refractivity contribution in [2.75, 3.05) is 0 Å². The fourth-order valence-electron chi connectivity index (χ4n) is 3.25. The summed E-state index contributed by atoms with van der Waals surface area (Å²) in [5.41, 5.74) is 0. The number of hydrogen-bond donors (Lipinski definition) is 0. The van der Waals surface area contributed by atoms with Gasteiger partial charge in [-0.15, -0.1) is 0 Å². The Morgan fingerprint density at radius 1 is 1.18 bits per heavy atom. The van der Waals surface area contributed by atoms with Crippen LogP contribution in [0.2, 0.25) is 0 Å². The van der Waals surface area contributed by atoms with Crippen LogP contribution in [0.3, 0.4) is 0 Å². The predicted molar refractivity (Wildman–Crippen MR) is 71.4 cm³/mol. The lowest BCUT2D eigenvalue weighted by Crippen LogP contribution is -2.41. The highest BCUT2D eigenvalue weighted by Gasteiger charge is 2.39. The number of unbranched alkanes of at least 4 members (excludes halogenated alkanes) is 2. The zero-order valence-electron chi connectivity index (χ0n) is 10.8. The Kier molecular flexibility index (Phi) is 4.78. The topological polar surface area (TPSA) is 34.1 Å². The van der Waals surface area contributed by atoms with Crippen molar-refractivity contribution in [1.82, 2.24) is 0 Å². The Labute approximate surface area is 107 Å². The zero-order valence-corrected chi connectivity index (χ0v) is 11.6. The lowest BCUT2D eigenvalue weighted by atomic mass is 9.85. The summed E-state index contributed by atoms with van der Waals surface area (Å²) in [6.45, 7) is 2.17. The van der Waals surface area contributed by atoms with Crippen LogP contribution >= 0.6 is 0 Å². The number of carbonyl (C=O) groups is 1. The van der Waals surface area contributed by atoms with E-state index >= 15 is 0 Å². The standard InChI is InChI=1S/C14H24O2S/c1-2-3-4-8-14(15)11-9-12-6-5-7-13(10-11)17(12)16/h11-13H,2-10H2,1H3. The molecule has 0 radical (unpaired) electrons. The minimum absolute atomic E-state index is 0.236. The van der Waals surface area contributed by atoms with Crippen LogP contribution in [0.5, 0.6) is 0 Å². The van der Waals surface area contributed by atoms with E-state index in [-0.39, 0.29) is 5.92 Å². The van der Waals surface area contributed by atoms with Crippen LogP contribution < -0.4 is 0 Å². The summed E-state index contributed by atoms with van der Waals surface area (Å²) < 4.78 is 12.0. The molecule has 2 aliphatic rings. The van der Waals surface area contributed by atoms with Gasteiger partial charge in [-0.2, -0.15) is 0 Å². The SMILES string of the molecule is CCCCCC(=O)C1CC2CCCC(C1)S2=O. The van der Waals surface area contributed by atoms with Crippen molar-refractivity contribution in [3.63, 3.8) is 0 Å². The molecule has 0 N–H and O–H groups in total. The van der Waals surface area contributed by atoms with Crippen molar-refractivity contribution >= 4 is 16.6 Å². The van der Waals surface area contributed by atoms with Crippen LogP contribution in [0.15, 0.2) is 0 Å². The first-order valence-corrected chi connectivity index (χ1v) is 8.42. The molecule has 0 aliphatic carbocycles. The molecular weight excluding hydrogens is 232 g/mol. The number of fused-ring (bicyclic) bond motifs is 2. The van der Waals surface area contributed by atoms with E-state index in [1.165, 1.54) is 12.8 Å². The molecule has 0 saturated carbocycles. The summed E-state index contributed by atoms with van der Waals surface area (Å²) in [6, 6.07) is 0. The summed E-state index contributed by atoms with van der Waals surface area (Å²) >= 11 is 0. The fraction of sp³-hybridized carbons (Fsp3) is 0.929. The van der Waals surface area contributed by atoms with Crippen molar-refractivity contribution < 1.29 is 9.00 Å². The van der Waals surface area contributed by atoms with Crippen molar-refractivity contribution in [2.45, 2.75) is 75.2 Å². The van der Waals surface area contributed by atoms with Gasteiger partial charge in [-0.3, -0.25) is 9.00 Å². The number of Topliss-reactive ketones (excluding diaryl/α,β-unsaturated/α-hetero) is 1. The van der Waals surface area contributed by atoms with E-state index < -0.39 is 10.8 Å². The molecule has 2 fully saturated rings. The molecule has 98 valence electrons. The predicted octanol–water partition coefficient (Wildman–Crippen LogP) is 3.22. The van der Waals surface area contributed by atoms with Crippen molar-refractivity contribution in [1.29, 1.82) is 0 Å². The smallest absolute Gasteiger partial charge is 0.136 e. The second-order valence-corrected chi connectivity index (χ2v) is 7.59. The molecule has 2 bridgehead atoms. The highest BCUT2D eigenvalue weighted by atomic mass is 32.2. The van der Waals surface area contributed by atoms with Gasteiger partial charge in [0.2, 0.25) is 0 Å². The minimum atomic E-state index is -0.633. The Morgan fingerprint density at radius 2 is 1.82 bits per heavy atom. The van der Waals surface area contributed by atoms with E-state index in [4.69, 9.17) is 0 Å². The summed E-state index contributed by atoms with van der Waals surface area (Å²) in [5.74, 6) is 0.687. The quantitative estimate of drug-likeness (QED) is 0.708. The van der Waals surface area contributed by atoms with Gasteiger partial charge < -0.3 is 0 Å². The van der Waals surface area contributed by atoms with Gasteiger partial charge in [0.25, 0.3) is 0 Å². The first-order chi connectivity index (χ1) is 8.22. The third-order valence-electron chi connectivity index (χ3n) is 4.29. The average molecular weight is 256 g/mol. The number of hydrogen-bond acceptors (Lipinski definition) is 2. The molecule has 2 unspecified atom stereocenters. The number of ketones is 1. The molecule has 0 spiro atoms. The second kappa shape index (κ2) is 6.12. The normalized spacial score (nSPS) is 36.8. The van der Waals surface area contributed by atoms with Gasteiger partial charge in [0.15, 0.2) is 0 Å². The molecule has 2 heterocycles. The molecule has 2 atom stereocenters. The minimum Gasteiger partial charge on any atom is -0.299 e. The number of carbonyl (C=O) groups excluding carboxylic acids is 1. The van der Waals surface area contributed by atoms with E-state index in [0.29, 0.717) is 16.3 Å². The molecule has 2 saturated heterocycles. The van der Waals surface area contributed by atoms with Gasteiger partial charge in [-0.25, -0.2) is 0 Å². The van der Waals surface area contributed by atoms with Crippen molar-refractivity contribution in [3.05, 3.63) is 0 Å². The van der Waals surface area contributed by atoms with Crippen molar-refractivity contribution in [3.8, 4) is 0 Å². The molecule has 3 heteroatoms. The largest absolute Gasteiger partial charge is 0.299 e. The van der Waals surface area contributed by atoms with Crippen LogP contribution in [-0.2, 0) is 15.6 Å². The van der Waals surface area contributed by atoms with Crippen LogP contribution in [0.25, 0.3) is 0 Å². The second-order valence-electron chi connectivity index (χ2n) is 5.60. The molecule has 2 aliphatic heterocycles. The summed E-state index contributed by atoms with van der Waals surface area (Å²) in [4.78, 5) is 12.1. The summed E-state index contributed by atoms with van der Waals surface area (Å²) in [7, 11) is -0.633. The van der Waals surface area contributed by atoms with E-state index in [1.54, 1.807) is 0 Å². The molecule has 0 aromatic carbocycles. The van der Waals surface area contributed by atoms with Gasteiger partial charge in [0, 0.05) is 33.6 Å². The Balaban J connectivity index is 1.86. The molecule has 0 aromatic heterocycles. The summed E-state index contributed by atoms with van der Waals surface area (Å²) in [6.07, 6.45) is 9.35. The lowest BCUT2D eigenvalue weighted by molar-refractivity contribution is -0.123. The molecule has 2 nitrogen and oxygen atoms in total. The van der Waals surface area contributed by atoms with Crippen LogP contribution in [0, 0.1) is 5.92 Å². The molecule has 0 aromatic rings. The van der Waals surface area contributed by atoms with Crippen LogP contribution in [0.4, 0.5) is 0 Å². The Hall–Kier alpha value is -0.180. The average Bonchev–Trinajstić information content (AvgIpc) is 2.28. The first-order valence-electron chi connectivity index (χ1n) is 7.14. The molecule has 17 heavy (non-hydrogen) atoms. The van der Waals surface area contributed by atoms with Crippen molar-refractivity contribution in [2.24, 2.45) is 5.92 Å². The number of rotatable bonds is 5. The van der Waals surface area contributed by atoms with Crippen LogP contribution in [0.1, 0.15) is 64.7 Å². The Morgan fingerprint density at radius 3 is 2.41 bits per heavy atom. The Bertz CT molecular complexity index is 285. The van der Waals surface area contributed by atoms with Crippen LogP contribution in [-0.4, -0.2) is 20.5 Å². The van der Waals surface area contributed by atoms with Gasteiger partial charge >= 0.3 is 0 Å². The van der Waals surface area contributed by atoms with Gasteiger partial charge in [-0.05, 0) is 32.1 Å². The van der Waals surface area contributed by atoms with Gasteiger partial charge in [0.1, 0.15) is 5.78 Å². The van der Waals surface area contributed by atoms with Gasteiger partial charge in [0.05, 0.1) is 0 Å². The maximum atomic E-state index is 12.1. The first kappa shape index (κ1) is 13.3. The molecular formula is C14H24O2S. The zero-order chi connectivity index (χ0) is 12.3. The monoisotopic (exact) mass is 256 g/mol. The summed E-state index contributed by atoms with van der Waals surface area (Å²) in [5, 5.41) is 0.672. The third kappa shape index (κ3) is 3.18. The van der Waals surface area contributed by atoms with E-state index in [2.05, 4.69) is 6.92 Å². The highest BCUT2D eigenvalue weighted by Crippen LogP contribution is 2.37. The van der Waals surface area contributed by atoms with Gasteiger partial charge in [-0.1, -0.05) is 26.2 Å².